The third kappa shape index (κ3) is 5.25. The fourth-order valence-electron chi connectivity index (χ4n) is 1.46. The molecule has 0 saturated carbocycles. The first-order valence-corrected chi connectivity index (χ1v) is 6.59. The van der Waals surface area contributed by atoms with E-state index < -0.39 is 0 Å². The van der Waals surface area contributed by atoms with Crippen molar-refractivity contribution in [3.63, 3.8) is 0 Å². The molecular weight excluding hydrogens is 238 g/mol. The molecule has 0 unspecified atom stereocenters. The van der Waals surface area contributed by atoms with Gasteiger partial charge in [0.05, 0.1) is 5.69 Å². The van der Waals surface area contributed by atoms with Gasteiger partial charge in [0.2, 0.25) is 5.91 Å². The predicted octanol–water partition coefficient (Wildman–Crippen LogP) is 1.31. The Balaban J connectivity index is 2.48. The molecule has 1 heterocycles. The zero-order valence-corrected chi connectivity index (χ0v) is 11.1. The number of carbonyl (C=O) groups is 1. The second-order valence-electron chi connectivity index (χ2n) is 3.77. The van der Waals surface area contributed by atoms with Crippen LogP contribution in [0.15, 0.2) is 5.38 Å². The lowest BCUT2D eigenvalue weighted by molar-refractivity contribution is -0.114. The first kappa shape index (κ1) is 14.1. The highest BCUT2D eigenvalue weighted by molar-refractivity contribution is 7.13. The molecule has 0 saturated heterocycles. The topological polar surface area (TPSA) is 65.5 Å². The number of hydrogen-bond donors (Lipinski definition) is 2. The van der Waals surface area contributed by atoms with E-state index in [1.54, 1.807) is 0 Å². The molecule has 0 bridgehead atoms. The molecule has 1 rings (SSSR count). The minimum absolute atomic E-state index is 0.0986. The molecule has 0 fully saturated rings. The van der Waals surface area contributed by atoms with Gasteiger partial charge in [-0.3, -0.25) is 9.69 Å². The van der Waals surface area contributed by atoms with Crippen molar-refractivity contribution >= 4 is 22.4 Å². The Hall–Kier alpha value is -0.980. The Morgan fingerprint density at radius 3 is 3.00 bits per heavy atom. The zero-order chi connectivity index (χ0) is 12.7. The van der Waals surface area contributed by atoms with E-state index in [2.05, 4.69) is 22.1 Å². The largest absolute Gasteiger partial charge is 0.396 e. The van der Waals surface area contributed by atoms with Crippen molar-refractivity contribution in [3.8, 4) is 0 Å². The normalized spacial score (nSPS) is 10.8. The maximum absolute atomic E-state index is 10.9. The third-order valence-electron chi connectivity index (χ3n) is 2.30. The van der Waals surface area contributed by atoms with Crippen molar-refractivity contribution < 1.29 is 9.90 Å². The number of nitrogens with one attached hydrogen (secondary N) is 1. The van der Waals surface area contributed by atoms with E-state index in [-0.39, 0.29) is 12.5 Å². The minimum Gasteiger partial charge on any atom is -0.396 e. The Morgan fingerprint density at radius 2 is 2.41 bits per heavy atom. The smallest absolute Gasteiger partial charge is 0.223 e. The summed E-state index contributed by atoms with van der Waals surface area (Å²) in [5.74, 6) is -0.0986. The summed E-state index contributed by atoms with van der Waals surface area (Å²) < 4.78 is 0. The highest BCUT2D eigenvalue weighted by Gasteiger charge is 2.07. The van der Waals surface area contributed by atoms with E-state index in [0.29, 0.717) is 5.13 Å². The molecule has 0 radical (unpaired) electrons. The van der Waals surface area contributed by atoms with Gasteiger partial charge in [0.25, 0.3) is 0 Å². The molecule has 0 aliphatic rings. The summed E-state index contributed by atoms with van der Waals surface area (Å²) in [5, 5.41) is 14.1. The van der Waals surface area contributed by atoms with Crippen LogP contribution >= 0.6 is 11.3 Å². The Kier molecular flexibility index (Phi) is 6.10. The Labute approximate surface area is 105 Å². The van der Waals surface area contributed by atoms with Crippen LogP contribution in [0, 0.1) is 0 Å². The summed E-state index contributed by atoms with van der Waals surface area (Å²) in [5.41, 5.74) is 0.957. The second kappa shape index (κ2) is 7.37. The number of thiazole rings is 1. The molecule has 1 aromatic heterocycles. The molecule has 0 aliphatic carbocycles. The number of aliphatic hydroxyl groups excluding tert-OH is 1. The molecule has 1 aromatic rings. The maximum Gasteiger partial charge on any atom is 0.223 e. The molecule has 0 spiro atoms. The molecule has 5 nitrogen and oxygen atoms in total. The maximum atomic E-state index is 10.9. The van der Waals surface area contributed by atoms with Crippen LogP contribution in [0.4, 0.5) is 5.13 Å². The minimum atomic E-state index is -0.0986. The molecule has 6 heteroatoms. The number of aromatic nitrogens is 1. The van der Waals surface area contributed by atoms with Crippen LogP contribution in [0.5, 0.6) is 0 Å². The SMILES string of the molecule is CCN(CCCO)Cc1csc(NC(C)=O)n1. The average Bonchev–Trinajstić information content (AvgIpc) is 2.70. The van der Waals surface area contributed by atoms with Crippen molar-refractivity contribution in [1.29, 1.82) is 0 Å². The van der Waals surface area contributed by atoms with Gasteiger partial charge in [0.15, 0.2) is 5.13 Å². The van der Waals surface area contributed by atoms with Crippen LogP contribution in [-0.4, -0.2) is 40.6 Å². The van der Waals surface area contributed by atoms with Crippen molar-refractivity contribution in [2.45, 2.75) is 26.8 Å². The van der Waals surface area contributed by atoms with Crippen LogP contribution < -0.4 is 5.32 Å². The van der Waals surface area contributed by atoms with Crippen molar-refractivity contribution in [3.05, 3.63) is 11.1 Å². The van der Waals surface area contributed by atoms with E-state index in [0.717, 1.165) is 31.7 Å². The van der Waals surface area contributed by atoms with E-state index in [1.807, 2.05) is 5.38 Å². The lowest BCUT2D eigenvalue weighted by atomic mass is 10.3. The molecule has 1 amide bonds. The van der Waals surface area contributed by atoms with Crippen molar-refractivity contribution in [2.75, 3.05) is 25.0 Å². The third-order valence-corrected chi connectivity index (χ3v) is 3.11. The predicted molar refractivity (Wildman–Crippen MR) is 69.1 cm³/mol. The summed E-state index contributed by atoms with van der Waals surface area (Å²) in [4.78, 5) is 17.4. The molecule has 0 atom stereocenters. The Bertz CT molecular complexity index is 354. The molecule has 17 heavy (non-hydrogen) atoms. The van der Waals surface area contributed by atoms with E-state index in [4.69, 9.17) is 5.11 Å². The number of amides is 1. The lowest BCUT2D eigenvalue weighted by Crippen LogP contribution is -2.24. The van der Waals surface area contributed by atoms with E-state index in [1.165, 1.54) is 18.3 Å². The van der Waals surface area contributed by atoms with Gasteiger partial charge in [-0.1, -0.05) is 6.92 Å². The summed E-state index contributed by atoms with van der Waals surface area (Å²) >= 11 is 1.44. The molecular formula is C11H19N3O2S. The quantitative estimate of drug-likeness (QED) is 0.773. The molecule has 2 N–H and O–H groups in total. The van der Waals surface area contributed by atoms with Gasteiger partial charge in [-0.2, -0.15) is 0 Å². The van der Waals surface area contributed by atoms with Gasteiger partial charge in [-0.25, -0.2) is 4.98 Å². The number of nitrogens with zero attached hydrogens (tertiary/aromatic N) is 2. The second-order valence-corrected chi connectivity index (χ2v) is 4.63. The average molecular weight is 257 g/mol. The van der Waals surface area contributed by atoms with Gasteiger partial charge >= 0.3 is 0 Å². The number of carbonyl (C=O) groups excluding carboxylic acids is 1. The van der Waals surface area contributed by atoms with Crippen molar-refractivity contribution in [2.24, 2.45) is 0 Å². The summed E-state index contributed by atoms with van der Waals surface area (Å²) in [6.07, 6.45) is 0.774. The van der Waals surface area contributed by atoms with Gasteiger partial charge in [0.1, 0.15) is 0 Å². The Morgan fingerprint density at radius 1 is 1.65 bits per heavy atom. The number of anilines is 1. The van der Waals surface area contributed by atoms with E-state index in [9.17, 15) is 4.79 Å². The zero-order valence-electron chi connectivity index (χ0n) is 10.3. The fourth-order valence-corrected chi connectivity index (χ4v) is 2.21. The number of aliphatic hydroxyl groups is 1. The highest BCUT2D eigenvalue weighted by atomic mass is 32.1. The summed E-state index contributed by atoms with van der Waals surface area (Å²) in [6.45, 7) is 6.31. The van der Waals surface area contributed by atoms with Crippen LogP contribution in [0.2, 0.25) is 0 Å². The van der Waals surface area contributed by atoms with E-state index >= 15 is 0 Å². The summed E-state index contributed by atoms with van der Waals surface area (Å²) in [6, 6.07) is 0. The van der Waals surface area contributed by atoms with Crippen LogP contribution in [0.1, 0.15) is 26.0 Å². The molecule has 0 aliphatic heterocycles. The monoisotopic (exact) mass is 257 g/mol. The van der Waals surface area contributed by atoms with Crippen LogP contribution in [0.3, 0.4) is 0 Å². The summed E-state index contributed by atoms with van der Waals surface area (Å²) in [7, 11) is 0. The van der Waals surface area contributed by atoms with Gasteiger partial charge in [0, 0.05) is 32.0 Å². The van der Waals surface area contributed by atoms with Crippen LogP contribution in [0.25, 0.3) is 0 Å². The first-order chi connectivity index (χ1) is 8.15. The highest BCUT2D eigenvalue weighted by Crippen LogP contribution is 2.16. The fraction of sp³-hybridized carbons (Fsp3) is 0.636. The van der Waals surface area contributed by atoms with Crippen molar-refractivity contribution in [1.82, 2.24) is 9.88 Å². The van der Waals surface area contributed by atoms with Gasteiger partial charge in [-0.15, -0.1) is 11.3 Å². The lowest BCUT2D eigenvalue weighted by Gasteiger charge is -2.18. The van der Waals surface area contributed by atoms with Gasteiger partial charge < -0.3 is 10.4 Å². The molecule has 96 valence electrons. The number of hydrogen-bond acceptors (Lipinski definition) is 5. The van der Waals surface area contributed by atoms with Crippen LogP contribution in [-0.2, 0) is 11.3 Å². The van der Waals surface area contributed by atoms with Gasteiger partial charge in [-0.05, 0) is 13.0 Å². The molecule has 0 aromatic carbocycles. The standard InChI is InChI=1S/C11H19N3O2S/c1-3-14(5-4-6-15)7-10-8-17-11(13-10)12-9(2)16/h8,15H,3-7H2,1-2H3,(H,12,13,16). The number of rotatable bonds is 7. The first-order valence-electron chi connectivity index (χ1n) is 5.71.